The lowest BCUT2D eigenvalue weighted by molar-refractivity contribution is -0.135. The monoisotopic (exact) mass is 417 g/mol. The Kier molecular flexibility index (Phi) is 5.18. The topological polar surface area (TPSA) is 82.2 Å². The van der Waals surface area contributed by atoms with Crippen molar-refractivity contribution in [1.29, 1.82) is 0 Å². The SMILES string of the molecule is Cc1ccc(C(=O)N2CCC(C(=O)N3CCC(c4nc5ccncc5[nH]4)C3)CC2)cc1. The van der Waals surface area contributed by atoms with E-state index in [4.69, 9.17) is 0 Å². The van der Waals surface area contributed by atoms with E-state index < -0.39 is 0 Å². The molecule has 0 bridgehead atoms. The molecule has 7 heteroatoms. The van der Waals surface area contributed by atoms with Crippen LogP contribution in [-0.2, 0) is 4.79 Å². The second-order valence-electron chi connectivity index (χ2n) is 8.72. The van der Waals surface area contributed by atoms with Gasteiger partial charge >= 0.3 is 0 Å². The molecule has 5 rings (SSSR count). The van der Waals surface area contributed by atoms with Gasteiger partial charge in [0, 0.05) is 49.8 Å². The fourth-order valence-corrected chi connectivity index (χ4v) is 4.72. The third kappa shape index (κ3) is 3.92. The van der Waals surface area contributed by atoms with Crippen molar-refractivity contribution in [2.75, 3.05) is 26.2 Å². The lowest BCUT2D eigenvalue weighted by Crippen LogP contribution is -2.43. The molecule has 0 aliphatic carbocycles. The number of nitrogens with zero attached hydrogens (tertiary/aromatic N) is 4. The lowest BCUT2D eigenvalue weighted by atomic mass is 9.94. The maximum absolute atomic E-state index is 13.1. The van der Waals surface area contributed by atoms with Crippen LogP contribution in [0.25, 0.3) is 11.0 Å². The molecule has 31 heavy (non-hydrogen) atoms. The molecule has 160 valence electrons. The fraction of sp³-hybridized carbons (Fsp3) is 0.417. The van der Waals surface area contributed by atoms with Crippen LogP contribution in [0.1, 0.15) is 46.9 Å². The minimum absolute atomic E-state index is 0.000640. The highest BCUT2D eigenvalue weighted by molar-refractivity contribution is 5.94. The molecule has 2 fully saturated rings. The minimum atomic E-state index is 0.000640. The molecule has 1 unspecified atom stereocenters. The number of hydrogen-bond acceptors (Lipinski definition) is 4. The van der Waals surface area contributed by atoms with Gasteiger partial charge in [-0.05, 0) is 44.4 Å². The lowest BCUT2D eigenvalue weighted by Gasteiger charge is -2.33. The number of carbonyl (C=O) groups excluding carboxylic acids is 2. The van der Waals surface area contributed by atoms with Gasteiger partial charge in [0.15, 0.2) is 0 Å². The first-order valence-electron chi connectivity index (χ1n) is 11.0. The summed E-state index contributed by atoms with van der Waals surface area (Å²) in [6.07, 6.45) is 5.91. The molecule has 2 aliphatic rings. The van der Waals surface area contributed by atoms with Crippen LogP contribution in [0.5, 0.6) is 0 Å². The van der Waals surface area contributed by atoms with Crippen LogP contribution in [0.2, 0.25) is 0 Å². The maximum Gasteiger partial charge on any atom is 0.253 e. The summed E-state index contributed by atoms with van der Waals surface area (Å²) in [6, 6.07) is 9.59. The molecular formula is C24H27N5O2. The number of H-pyrrole nitrogens is 1. The molecule has 7 nitrogen and oxygen atoms in total. The number of carbonyl (C=O) groups is 2. The van der Waals surface area contributed by atoms with E-state index in [2.05, 4.69) is 15.0 Å². The van der Waals surface area contributed by atoms with Crippen molar-refractivity contribution in [3.05, 3.63) is 59.7 Å². The van der Waals surface area contributed by atoms with Gasteiger partial charge in [0.05, 0.1) is 17.2 Å². The molecule has 4 heterocycles. The normalized spacial score (nSPS) is 19.8. The first-order valence-corrected chi connectivity index (χ1v) is 11.0. The van der Waals surface area contributed by atoms with E-state index in [1.807, 2.05) is 47.1 Å². The van der Waals surface area contributed by atoms with Crippen LogP contribution in [0, 0.1) is 12.8 Å². The fourth-order valence-electron chi connectivity index (χ4n) is 4.72. The zero-order valence-corrected chi connectivity index (χ0v) is 17.8. The average molecular weight is 418 g/mol. The van der Waals surface area contributed by atoms with E-state index in [0.717, 1.165) is 53.8 Å². The summed E-state index contributed by atoms with van der Waals surface area (Å²) in [4.78, 5) is 41.9. The first kappa shape index (κ1) is 19.7. The Bertz CT molecular complexity index is 1070. The standard InChI is InChI=1S/C24H27N5O2/c1-16-2-4-17(5-3-16)23(30)28-11-7-18(8-12-28)24(31)29-13-9-19(15-29)22-26-20-6-10-25-14-21(20)27-22/h2-6,10,14,18-19H,7-9,11-13,15H2,1H3,(H,26,27). The Hall–Kier alpha value is -3.22. The van der Waals surface area contributed by atoms with Crippen molar-refractivity contribution in [3.63, 3.8) is 0 Å². The molecular weight excluding hydrogens is 390 g/mol. The predicted molar refractivity (Wildman–Crippen MR) is 118 cm³/mol. The third-order valence-corrected chi connectivity index (χ3v) is 6.62. The van der Waals surface area contributed by atoms with Crippen molar-refractivity contribution in [3.8, 4) is 0 Å². The number of fused-ring (bicyclic) bond motifs is 1. The van der Waals surface area contributed by atoms with Crippen molar-refractivity contribution in [2.24, 2.45) is 5.92 Å². The molecule has 1 atom stereocenters. The number of aromatic nitrogens is 3. The van der Waals surface area contributed by atoms with Gasteiger partial charge in [-0.15, -0.1) is 0 Å². The largest absolute Gasteiger partial charge is 0.342 e. The Labute approximate surface area is 181 Å². The summed E-state index contributed by atoms with van der Waals surface area (Å²) >= 11 is 0. The molecule has 0 spiro atoms. The Morgan fingerprint density at radius 1 is 1.00 bits per heavy atom. The second kappa shape index (κ2) is 8.13. The van der Waals surface area contributed by atoms with Crippen molar-refractivity contribution < 1.29 is 9.59 Å². The minimum Gasteiger partial charge on any atom is -0.342 e. The summed E-state index contributed by atoms with van der Waals surface area (Å²) in [7, 11) is 0. The van der Waals surface area contributed by atoms with Crippen LogP contribution in [0.4, 0.5) is 0 Å². The highest BCUT2D eigenvalue weighted by atomic mass is 16.2. The average Bonchev–Trinajstić information content (AvgIpc) is 3.46. The van der Waals surface area contributed by atoms with Crippen LogP contribution < -0.4 is 0 Å². The summed E-state index contributed by atoms with van der Waals surface area (Å²) in [5.41, 5.74) is 3.72. The Morgan fingerprint density at radius 2 is 1.74 bits per heavy atom. The molecule has 0 radical (unpaired) electrons. The van der Waals surface area contributed by atoms with E-state index in [-0.39, 0.29) is 23.7 Å². The molecule has 1 aromatic carbocycles. The highest BCUT2D eigenvalue weighted by Gasteiger charge is 2.35. The van der Waals surface area contributed by atoms with Crippen LogP contribution >= 0.6 is 0 Å². The van der Waals surface area contributed by atoms with Gasteiger partial charge in [-0.3, -0.25) is 14.6 Å². The van der Waals surface area contributed by atoms with Crippen molar-refractivity contribution in [2.45, 2.75) is 32.1 Å². The molecule has 2 aliphatic heterocycles. The Morgan fingerprint density at radius 3 is 2.48 bits per heavy atom. The van der Waals surface area contributed by atoms with E-state index in [9.17, 15) is 9.59 Å². The number of nitrogens with one attached hydrogen (secondary N) is 1. The third-order valence-electron chi connectivity index (χ3n) is 6.62. The highest BCUT2D eigenvalue weighted by Crippen LogP contribution is 2.30. The van der Waals surface area contributed by atoms with Crippen LogP contribution in [0.3, 0.4) is 0 Å². The van der Waals surface area contributed by atoms with Gasteiger partial charge in [0.1, 0.15) is 5.82 Å². The molecule has 0 saturated carbocycles. The quantitative estimate of drug-likeness (QED) is 0.710. The number of benzene rings is 1. The van der Waals surface area contributed by atoms with Gasteiger partial charge in [0.25, 0.3) is 5.91 Å². The van der Waals surface area contributed by atoms with E-state index >= 15 is 0 Å². The molecule has 2 saturated heterocycles. The summed E-state index contributed by atoms with van der Waals surface area (Å²) in [6.45, 7) is 4.75. The van der Waals surface area contributed by atoms with Gasteiger partial charge in [-0.25, -0.2) is 4.98 Å². The van der Waals surface area contributed by atoms with Crippen LogP contribution in [-0.4, -0.2) is 62.7 Å². The number of pyridine rings is 1. The second-order valence-corrected chi connectivity index (χ2v) is 8.72. The molecule has 1 N–H and O–H groups in total. The summed E-state index contributed by atoms with van der Waals surface area (Å²) < 4.78 is 0. The number of rotatable bonds is 3. The number of likely N-dealkylation sites (tertiary alicyclic amines) is 2. The number of hydrogen-bond donors (Lipinski definition) is 1. The number of aryl methyl sites for hydroxylation is 1. The van der Waals surface area contributed by atoms with Gasteiger partial charge in [-0.1, -0.05) is 17.7 Å². The maximum atomic E-state index is 13.1. The summed E-state index contributed by atoms with van der Waals surface area (Å²) in [5.74, 6) is 1.46. The van der Waals surface area contributed by atoms with Crippen molar-refractivity contribution in [1.82, 2.24) is 24.8 Å². The Balaban J connectivity index is 1.17. The predicted octanol–water partition coefficient (Wildman–Crippen LogP) is 3.13. The number of imidazole rings is 1. The molecule has 2 amide bonds. The summed E-state index contributed by atoms with van der Waals surface area (Å²) in [5, 5.41) is 0. The smallest absolute Gasteiger partial charge is 0.253 e. The number of amides is 2. The van der Waals surface area contributed by atoms with E-state index in [0.29, 0.717) is 19.6 Å². The van der Waals surface area contributed by atoms with E-state index in [1.54, 1.807) is 12.4 Å². The zero-order valence-electron chi connectivity index (χ0n) is 17.8. The zero-order chi connectivity index (χ0) is 21.4. The van der Waals surface area contributed by atoms with Gasteiger partial charge < -0.3 is 14.8 Å². The van der Waals surface area contributed by atoms with E-state index in [1.165, 1.54) is 0 Å². The molecule has 3 aromatic rings. The van der Waals surface area contributed by atoms with Gasteiger partial charge in [-0.2, -0.15) is 0 Å². The molecule has 2 aromatic heterocycles. The van der Waals surface area contributed by atoms with Crippen LogP contribution in [0.15, 0.2) is 42.7 Å². The number of aromatic amines is 1. The van der Waals surface area contributed by atoms with Gasteiger partial charge in [0.2, 0.25) is 5.91 Å². The van der Waals surface area contributed by atoms with Crippen molar-refractivity contribution >= 4 is 22.8 Å². The number of piperidine rings is 1. The first-order chi connectivity index (χ1) is 15.1.